The number of rotatable bonds is 15. The Morgan fingerprint density at radius 2 is 0.958 bits per heavy atom. The lowest BCUT2D eigenvalue weighted by atomic mass is 9.92. The van der Waals surface area contributed by atoms with Crippen molar-refractivity contribution in [3.05, 3.63) is 46.5 Å². The molecule has 2 fully saturated rings. The van der Waals surface area contributed by atoms with Crippen molar-refractivity contribution in [1.82, 2.24) is 10.6 Å². The summed E-state index contributed by atoms with van der Waals surface area (Å²) in [6.45, 7) is 16.6. The van der Waals surface area contributed by atoms with Gasteiger partial charge in [0.15, 0.2) is 11.6 Å². The molecule has 48 heavy (non-hydrogen) atoms. The average Bonchev–Trinajstić information content (AvgIpc) is 3.68. The first-order chi connectivity index (χ1) is 22.7. The van der Waals surface area contributed by atoms with E-state index in [1.54, 1.807) is 12.4 Å². The van der Waals surface area contributed by atoms with E-state index in [-0.39, 0.29) is 60.3 Å². The first-order valence-corrected chi connectivity index (χ1v) is 17.1. The smallest absolute Gasteiger partial charge is 0.220 e. The van der Waals surface area contributed by atoms with Crippen LogP contribution in [0.2, 0.25) is 0 Å². The molecule has 2 saturated heterocycles. The highest BCUT2D eigenvalue weighted by molar-refractivity contribution is 6.17. The summed E-state index contributed by atoms with van der Waals surface area (Å²) in [4.78, 5) is 58.1. The SMILES string of the molecule is CC(C)c1cc(OCC(=O)C2CCC(=O)N2)cc(C(C)C)c1N=CC=Nc1c(C(C)C)cc(OCC(=O)C2CCC(=O)N2)cc1C(C)C. The number of amides is 2. The third kappa shape index (κ3) is 9.17. The first kappa shape index (κ1) is 36.5. The van der Waals surface area contributed by atoms with Crippen LogP contribution in [-0.4, -0.2) is 61.1 Å². The fourth-order valence-electron chi connectivity index (χ4n) is 5.97. The summed E-state index contributed by atoms with van der Waals surface area (Å²) in [6, 6.07) is 6.80. The second kappa shape index (κ2) is 16.2. The number of benzene rings is 2. The van der Waals surface area contributed by atoms with Gasteiger partial charge in [0.05, 0.1) is 23.5 Å². The van der Waals surface area contributed by atoms with E-state index in [9.17, 15) is 19.2 Å². The summed E-state index contributed by atoms with van der Waals surface area (Å²) in [7, 11) is 0. The van der Waals surface area contributed by atoms with Crippen LogP contribution in [0.3, 0.4) is 0 Å². The average molecular weight is 659 g/mol. The van der Waals surface area contributed by atoms with Crippen molar-refractivity contribution in [2.75, 3.05) is 13.2 Å². The lowest BCUT2D eigenvalue weighted by Crippen LogP contribution is -2.36. The lowest BCUT2D eigenvalue weighted by Gasteiger charge is -2.20. The minimum atomic E-state index is -0.484. The van der Waals surface area contributed by atoms with Gasteiger partial charge in [-0.2, -0.15) is 0 Å². The molecule has 10 heteroatoms. The number of ketones is 2. The molecule has 2 N–H and O–H groups in total. The zero-order valence-electron chi connectivity index (χ0n) is 29.5. The van der Waals surface area contributed by atoms with Gasteiger partial charge in [0, 0.05) is 25.3 Å². The Labute approximate surface area is 284 Å². The van der Waals surface area contributed by atoms with Gasteiger partial charge in [0.1, 0.15) is 24.7 Å². The minimum Gasteiger partial charge on any atom is -0.486 e. The largest absolute Gasteiger partial charge is 0.486 e. The van der Waals surface area contributed by atoms with Crippen molar-refractivity contribution < 1.29 is 28.7 Å². The summed E-state index contributed by atoms with van der Waals surface area (Å²) in [5.74, 6) is 1.31. The molecule has 0 saturated carbocycles. The zero-order chi connectivity index (χ0) is 35.1. The first-order valence-electron chi connectivity index (χ1n) is 17.1. The van der Waals surface area contributed by atoms with Gasteiger partial charge in [-0.15, -0.1) is 0 Å². The molecule has 2 heterocycles. The Balaban J connectivity index is 1.56. The van der Waals surface area contributed by atoms with E-state index in [0.717, 1.165) is 33.6 Å². The number of aliphatic imine (C=N–C) groups is 2. The molecular formula is C38H50N4O6. The summed E-state index contributed by atoms with van der Waals surface area (Å²) < 4.78 is 11.9. The number of ether oxygens (including phenoxy) is 2. The van der Waals surface area contributed by atoms with Crippen molar-refractivity contribution in [3.63, 3.8) is 0 Å². The molecule has 0 radical (unpaired) electrons. The molecule has 2 amide bonds. The third-order valence-corrected chi connectivity index (χ3v) is 8.78. The zero-order valence-corrected chi connectivity index (χ0v) is 29.5. The van der Waals surface area contributed by atoms with Crippen LogP contribution in [0.4, 0.5) is 11.4 Å². The van der Waals surface area contributed by atoms with Gasteiger partial charge in [0.2, 0.25) is 11.8 Å². The van der Waals surface area contributed by atoms with Crippen LogP contribution in [0.25, 0.3) is 0 Å². The normalized spacial score (nSPS) is 18.2. The molecule has 0 spiro atoms. The number of nitrogens with zero attached hydrogens (tertiary/aromatic N) is 2. The monoisotopic (exact) mass is 658 g/mol. The van der Waals surface area contributed by atoms with Gasteiger partial charge >= 0.3 is 0 Å². The molecule has 10 nitrogen and oxygen atoms in total. The Hall–Kier alpha value is -4.34. The highest BCUT2D eigenvalue weighted by Crippen LogP contribution is 2.40. The van der Waals surface area contributed by atoms with Gasteiger partial charge in [-0.25, -0.2) is 0 Å². The fraction of sp³-hybridized carbons (Fsp3) is 0.526. The van der Waals surface area contributed by atoms with Crippen LogP contribution in [0.5, 0.6) is 11.5 Å². The van der Waals surface area contributed by atoms with Crippen molar-refractivity contribution in [2.45, 2.75) is 117 Å². The molecule has 2 aromatic carbocycles. The Morgan fingerprint density at radius 3 is 1.21 bits per heavy atom. The highest BCUT2D eigenvalue weighted by Gasteiger charge is 2.29. The molecule has 2 aliphatic heterocycles. The number of nitrogens with one attached hydrogen (secondary N) is 2. The standard InChI is InChI=1S/C38H50N4O6/c1-21(2)27-15-25(47-19-33(43)31-9-11-35(45)41-31)16-28(22(3)4)37(27)39-13-14-40-38-29(23(5)6)17-26(18-30(38)24(7)8)48-20-34(44)32-10-12-36(46)42-32/h13-18,21-24,31-32H,9-12,19-20H2,1-8H3,(H,41,45)(H,42,46). The van der Waals surface area contributed by atoms with E-state index in [0.29, 0.717) is 37.2 Å². The summed E-state index contributed by atoms with van der Waals surface area (Å²) >= 11 is 0. The Morgan fingerprint density at radius 1 is 0.646 bits per heavy atom. The third-order valence-electron chi connectivity index (χ3n) is 8.78. The highest BCUT2D eigenvalue weighted by atomic mass is 16.5. The number of Topliss-reactive ketones (excluding diaryl/α,β-unsaturated/α-hetero) is 2. The van der Waals surface area contributed by atoms with Crippen LogP contribution in [-0.2, 0) is 19.2 Å². The predicted molar refractivity (Wildman–Crippen MR) is 189 cm³/mol. The Kier molecular flexibility index (Phi) is 12.3. The van der Waals surface area contributed by atoms with Crippen molar-refractivity contribution in [2.24, 2.45) is 9.98 Å². The molecule has 0 aliphatic carbocycles. The van der Waals surface area contributed by atoms with Gasteiger partial charge in [-0.3, -0.25) is 29.2 Å². The van der Waals surface area contributed by atoms with Crippen LogP contribution in [0, 0.1) is 0 Å². The number of carbonyl (C=O) groups excluding carboxylic acids is 4. The van der Waals surface area contributed by atoms with Crippen molar-refractivity contribution >= 4 is 47.2 Å². The molecule has 2 aliphatic rings. The molecule has 258 valence electrons. The molecular weight excluding hydrogens is 608 g/mol. The van der Waals surface area contributed by atoms with Gasteiger partial charge < -0.3 is 20.1 Å². The maximum absolute atomic E-state index is 12.6. The second-order valence-corrected chi connectivity index (χ2v) is 13.9. The fourth-order valence-corrected chi connectivity index (χ4v) is 5.97. The summed E-state index contributed by atoms with van der Waals surface area (Å²) in [6.07, 6.45) is 5.17. The number of hydrogen-bond donors (Lipinski definition) is 2. The van der Waals surface area contributed by atoms with E-state index in [4.69, 9.17) is 19.5 Å². The second-order valence-electron chi connectivity index (χ2n) is 13.9. The molecule has 2 atom stereocenters. The van der Waals surface area contributed by atoms with Gasteiger partial charge in [-0.1, -0.05) is 55.4 Å². The van der Waals surface area contributed by atoms with Crippen LogP contribution in [0.15, 0.2) is 34.3 Å². The molecule has 0 aromatic heterocycles. The van der Waals surface area contributed by atoms with E-state index in [2.05, 4.69) is 66.0 Å². The maximum Gasteiger partial charge on any atom is 0.220 e. The lowest BCUT2D eigenvalue weighted by molar-refractivity contribution is -0.125. The topological polar surface area (TPSA) is 136 Å². The number of hydrogen-bond acceptors (Lipinski definition) is 8. The number of carbonyl (C=O) groups is 4. The molecule has 2 unspecified atom stereocenters. The summed E-state index contributed by atoms with van der Waals surface area (Å²) in [5.41, 5.74) is 5.71. The Bertz CT molecular complexity index is 1410. The quantitative estimate of drug-likeness (QED) is 0.204. The maximum atomic E-state index is 12.6. The van der Waals surface area contributed by atoms with E-state index < -0.39 is 12.1 Å². The van der Waals surface area contributed by atoms with Crippen LogP contribution in [0.1, 0.15) is 127 Å². The molecule has 4 rings (SSSR count). The van der Waals surface area contributed by atoms with E-state index >= 15 is 0 Å². The predicted octanol–water partition coefficient (Wildman–Crippen LogP) is 6.74. The van der Waals surface area contributed by atoms with E-state index in [1.165, 1.54) is 0 Å². The van der Waals surface area contributed by atoms with Crippen molar-refractivity contribution in [1.29, 1.82) is 0 Å². The van der Waals surface area contributed by atoms with Gasteiger partial charge in [-0.05, 0) is 83.0 Å². The molecule has 0 bridgehead atoms. The van der Waals surface area contributed by atoms with Gasteiger partial charge in [0.25, 0.3) is 0 Å². The van der Waals surface area contributed by atoms with Crippen LogP contribution >= 0.6 is 0 Å². The minimum absolute atomic E-state index is 0.101. The van der Waals surface area contributed by atoms with Crippen molar-refractivity contribution in [3.8, 4) is 11.5 Å². The summed E-state index contributed by atoms with van der Waals surface area (Å²) in [5, 5.41) is 5.42. The van der Waals surface area contributed by atoms with Crippen LogP contribution < -0.4 is 20.1 Å². The molecule has 2 aromatic rings. The van der Waals surface area contributed by atoms with E-state index in [1.807, 2.05) is 24.3 Å².